The lowest BCUT2D eigenvalue weighted by Gasteiger charge is -2.37. The van der Waals surface area contributed by atoms with Gasteiger partial charge in [0.25, 0.3) is 0 Å². The van der Waals surface area contributed by atoms with Crippen LogP contribution in [0.3, 0.4) is 0 Å². The number of methoxy groups -OCH3 is 1. The summed E-state index contributed by atoms with van der Waals surface area (Å²) in [4.78, 5) is 25.4. The first kappa shape index (κ1) is 30.7. The van der Waals surface area contributed by atoms with Crippen molar-refractivity contribution in [3.8, 4) is 5.75 Å². The average Bonchev–Trinajstić information content (AvgIpc) is 2.83. The molecule has 2 amide bonds. The van der Waals surface area contributed by atoms with Crippen LogP contribution in [0.2, 0.25) is 0 Å². The smallest absolute Gasteiger partial charge is 0.490 e. The van der Waals surface area contributed by atoms with Gasteiger partial charge in [0.15, 0.2) is 0 Å². The van der Waals surface area contributed by atoms with Crippen LogP contribution >= 0.6 is 0 Å². The SMILES string of the molecule is COc1cc(F)c(CNC(=O)N(Cc2ccc(F)cc2F)C2CCN(C)CC2)c(F)c1.O=C(O)C(F)(F)F. The molecule has 1 heterocycles. The Morgan fingerprint density at radius 3 is 2.08 bits per heavy atom. The van der Waals surface area contributed by atoms with Gasteiger partial charge in [-0.1, -0.05) is 6.07 Å². The van der Waals surface area contributed by atoms with Gasteiger partial charge >= 0.3 is 18.2 Å². The lowest BCUT2D eigenvalue weighted by Crippen LogP contribution is -2.49. The van der Waals surface area contributed by atoms with Crippen molar-refractivity contribution in [2.45, 2.75) is 38.1 Å². The summed E-state index contributed by atoms with van der Waals surface area (Å²) in [5.74, 6) is -5.86. The molecule has 2 N–H and O–H groups in total. The van der Waals surface area contributed by atoms with E-state index in [-0.39, 0.29) is 36.0 Å². The number of halogens is 7. The van der Waals surface area contributed by atoms with Gasteiger partial charge in [-0.3, -0.25) is 0 Å². The molecule has 1 aliphatic rings. The summed E-state index contributed by atoms with van der Waals surface area (Å²) in [6.07, 6.45) is -3.75. The molecule has 3 rings (SSSR count). The molecule has 7 nitrogen and oxygen atoms in total. The maximum atomic E-state index is 14.2. The Kier molecular flexibility index (Phi) is 10.7. The minimum absolute atomic E-state index is 0.0322. The van der Waals surface area contributed by atoms with Crippen LogP contribution in [0.5, 0.6) is 5.75 Å². The third-order valence-electron chi connectivity index (χ3n) is 5.75. The molecule has 38 heavy (non-hydrogen) atoms. The van der Waals surface area contributed by atoms with E-state index in [1.807, 2.05) is 7.05 Å². The first-order valence-corrected chi connectivity index (χ1v) is 11.2. The highest BCUT2D eigenvalue weighted by Crippen LogP contribution is 2.23. The number of carbonyl (C=O) groups excluding carboxylic acids is 1. The maximum absolute atomic E-state index is 14.2. The first-order valence-electron chi connectivity index (χ1n) is 11.2. The fourth-order valence-electron chi connectivity index (χ4n) is 3.64. The maximum Gasteiger partial charge on any atom is 0.490 e. The van der Waals surface area contributed by atoms with Gasteiger partial charge < -0.3 is 25.0 Å². The summed E-state index contributed by atoms with van der Waals surface area (Å²) in [7, 11) is 3.26. The highest BCUT2D eigenvalue weighted by Gasteiger charge is 2.38. The number of benzene rings is 2. The first-order chi connectivity index (χ1) is 17.7. The molecule has 1 fully saturated rings. The molecule has 0 saturated carbocycles. The number of nitrogens with zero attached hydrogens (tertiary/aromatic N) is 2. The Morgan fingerprint density at radius 2 is 1.61 bits per heavy atom. The second-order valence-corrected chi connectivity index (χ2v) is 8.43. The molecule has 0 atom stereocenters. The van der Waals surface area contributed by atoms with Crippen LogP contribution in [0.4, 0.5) is 35.5 Å². The number of urea groups is 1. The van der Waals surface area contributed by atoms with Gasteiger partial charge in [0.2, 0.25) is 0 Å². The average molecular weight is 553 g/mol. The molecule has 1 saturated heterocycles. The molecule has 0 spiro atoms. The van der Waals surface area contributed by atoms with E-state index in [1.165, 1.54) is 18.1 Å². The number of hydrogen-bond donors (Lipinski definition) is 2. The number of carboxylic acids is 1. The van der Waals surface area contributed by atoms with Crippen molar-refractivity contribution in [1.82, 2.24) is 15.1 Å². The number of nitrogens with one attached hydrogen (secondary N) is 1. The molecule has 0 aromatic heterocycles. The van der Waals surface area contributed by atoms with Crippen LogP contribution in [-0.4, -0.2) is 66.4 Å². The fourth-order valence-corrected chi connectivity index (χ4v) is 3.64. The van der Waals surface area contributed by atoms with E-state index in [0.717, 1.165) is 37.4 Å². The van der Waals surface area contributed by atoms with E-state index in [2.05, 4.69) is 10.2 Å². The van der Waals surface area contributed by atoms with Crippen molar-refractivity contribution < 1.29 is 50.2 Å². The van der Waals surface area contributed by atoms with Crippen LogP contribution in [0, 0.1) is 23.3 Å². The number of alkyl halides is 3. The standard InChI is InChI=1S/C22H25F4N3O2.C2HF3O2/c1-28-7-5-16(6-8-28)29(13-14-3-4-15(23)9-19(14)24)22(30)27-12-18-20(25)10-17(31-2)11-21(18)26;3-2(4,5)1(6)7/h3-4,9-11,16H,5-8,12-13H2,1-2H3,(H,27,30);(H,6,7). The van der Waals surface area contributed by atoms with Crippen molar-refractivity contribution in [3.63, 3.8) is 0 Å². The molecule has 210 valence electrons. The van der Waals surface area contributed by atoms with Gasteiger partial charge in [0.1, 0.15) is 29.0 Å². The second-order valence-electron chi connectivity index (χ2n) is 8.43. The van der Waals surface area contributed by atoms with Gasteiger partial charge in [0, 0.05) is 35.4 Å². The number of amides is 2. The van der Waals surface area contributed by atoms with E-state index in [0.29, 0.717) is 12.8 Å². The fraction of sp³-hybridized carbons (Fsp3) is 0.417. The Hall–Kier alpha value is -3.55. The minimum Gasteiger partial charge on any atom is -0.497 e. The number of ether oxygens (including phenoxy) is 1. The van der Waals surface area contributed by atoms with E-state index in [4.69, 9.17) is 14.6 Å². The highest BCUT2D eigenvalue weighted by molar-refractivity contribution is 5.74. The predicted molar refractivity (Wildman–Crippen MR) is 121 cm³/mol. The summed E-state index contributed by atoms with van der Waals surface area (Å²) in [6, 6.07) is 4.50. The third-order valence-corrected chi connectivity index (χ3v) is 5.75. The van der Waals surface area contributed by atoms with Gasteiger partial charge in [-0.05, 0) is 39.0 Å². The lowest BCUT2D eigenvalue weighted by molar-refractivity contribution is -0.192. The predicted octanol–water partition coefficient (Wildman–Crippen LogP) is 4.69. The van der Waals surface area contributed by atoms with Crippen molar-refractivity contribution in [3.05, 3.63) is 64.7 Å². The molecule has 1 aliphatic heterocycles. The normalized spacial score (nSPS) is 14.3. The van der Waals surface area contributed by atoms with Gasteiger partial charge in [-0.2, -0.15) is 13.2 Å². The quantitative estimate of drug-likeness (QED) is 0.508. The van der Waals surface area contributed by atoms with Crippen molar-refractivity contribution in [1.29, 1.82) is 0 Å². The Balaban J connectivity index is 0.000000638. The minimum atomic E-state index is -5.08. The highest BCUT2D eigenvalue weighted by atomic mass is 19.4. The molecule has 0 aliphatic carbocycles. The Morgan fingerprint density at radius 1 is 1.05 bits per heavy atom. The zero-order valence-electron chi connectivity index (χ0n) is 20.4. The summed E-state index contributed by atoms with van der Waals surface area (Å²) in [5, 5.41) is 9.66. The monoisotopic (exact) mass is 553 g/mol. The van der Waals surface area contributed by atoms with Gasteiger partial charge in [0.05, 0.1) is 20.2 Å². The number of likely N-dealkylation sites (tertiary alicyclic amines) is 1. The molecular formula is C24H26F7N3O4. The Labute approximate surface area is 213 Å². The summed E-state index contributed by atoms with van der Waals surface area (Å²) < 4.78 is 92.5. The second kappa shape index (κ2) is 13.3. The number of aliphatic carboxylic acids is 1. The van der Waals surface area contributed by atoms with E-state index >= 15 is 0 Å². The molecule has 0 bridgehead atoms. The van der Waals surface area contributed by atoms with Crippen molar-refractivity contribution in [2.75, 3.05) is 27.2 Å². The van der Waals surface area contributed by atoms with Crippen molar-refractivity contribution >= 4 is 12.0 Å². The number of rotatable bonds is 6. The number of hydrogen-bond acceptors (Lipinski definition) is 4. The van der Waals surface area contributed by atoms with Gasteiger partial charge in [-0.25, -0.2) is 27.2 Å². The number of piperidine rings is 1. The zero-order chi connectivity index (χ0) is 28.6. The van der Waals surface area contributed by atoms with E-state index in [9.17, 15) is 35.5 Å². The zero-order valence-corrected chi connectivity index (χ0v) is 20.4. The van der Waals surface area contributed by atoms with E-state index < -0.39 is 41.4 Å². The Bertz CT molecular complexity index is 1100. The third kappa shape index (κ3) is 8.78. The largest absolute Gasteiger partial charge is 0.497 e. The molecule has 0 radical (unpaired) electrons. The summed E-state index contributed by atoms with van der Waals surface area (Å²) >= 11 is 0. The van der Waals surface area contributed by atoms with Crippen LogP contribution in [0.25, 0.3) is 0 Å². The lowest BCUT2D eigenvalue weighted by atomic mass is 10.0. The van der Waals surface area contributed by atoms with E-state index in [1.54, 1.807) is 0 Å². The molecule has 2 aromatic rings. The summed E-state index contributed by atoms with van der Waals surface area (Å²) in [6.45, 7) is 1.04. The van der Waals surface area contributed by atoms with Crippen LogP contribution in [0.15, 0.2) is 30.3 Å². The summed E-state index contributed by atoms with van der Waals surface area (Å²) in [5.41, 5.74) is -0.136. The molecular weight excluding hydrogens is 527 g/mol. The van der Waals surface area contributed by atoms with Gasteiger partial charge in [-0.15, -0.1) is 0 Å². The number of carbonyl (C=O) groups is 2. The topological polar surface area (TPSA) is 82.1 Å². The van der Waals surface area contributed by atoms with Crippen LogP contribution < -0.4 is 10.1 Å². The molecule has 0 unspecified atom stereocenters. The van der Waals surface area contributed by atoms with Crippen molar-refractivity contribution in [2.24, 2.45) is 0 Å². The molecule has 2 aromatic carbocycles. The van der Waals surface area contributed by atoms with Crippen LogP contribution in [-0.2, 0) is 17.9 Å². The molecule has 14 heteroatoms. The van der Waals surface area contributed by atoms with Crippen LogP contribution in [0.1, 0.15) is 24.0 Å². The number of carboxylic acid groups (broad SMARTS) is 1.